The first-order chi connectivity index (χ1) is 13.4. The molecule has 2 N–H and O–H groups in total. The van der Waals surface area contributed by atoms with Crippen molar-refractivity contribution in [1.82, 2.24) is 5.32 Å². The molecule has 2 aromatic carbocycles. The summed E-state index contributed by atoms with van der Waals surface area (Å²) in [7, 11) is 0. The third-order valence-electron chi connectivity index (χ3n) is 4.02. The van der Waals surface area contributed by atoms with Gasteiger partial charge >= 0.3 is 0 Å². The Morgan fingerprint density at radius 1 is 1.18 bits per heavy atom. The summed E-state index contributed by atoms with van der Waals surface area (Å²) >= 11 is 7.45. The van der Waals surface area contributed by atoms with E-state index in [1.807, 2.05) is 0 Å². The predicted octanol–water partition coefficient (Wildman–Crippen LogP) is 4.34. The van der Waals surface area contributed by atoms with Crippen molar-refractivity contribution >= 4 is 40.9 Å². The highest BCUT2D eigenvalue weighted by atomic mass is 35.5. The minimum absolute atomic E-state index is 0.215. The van der Waals surface area contributed by atoms with Crippen molar-refractivity contribution in [2.75, 3.05) is 17.7 Å². The van der Waals surface area contributed by atoms with Gasteiger partial charge in [-0.15, -0.1) is 11.8 Å². The van der Waals surface area contributed by atoms with Gasteiger partial charge in [0.1, 0.15) is 16.5 Å². The van der Waals surface area contributed by atoms with Crippen molar-refractivity contribution in [1.29, 1.82) is 0 Å². The highest BCUT2D eigenvalue weighted by Crippen LogP contribution is 2.28. The van der Waals surface area contributed by atoms with Crippen molar-refractivity contribution in [3.8, 4) is 0 Å². The number of hydrogen-bond donors (Lipinski definition) is 2. The van der Waals surface area contributed by atoms with Gasteiger partial charge in [-0.05, 0) is 42.8 Å². The second kappa shape index (κ2) is 9.12. The maximum Gasteiger partial charge on any atom is 0.265 e. The largest absolute Gasteiger partial charge is 0.496 e. The van der Waals surface area contributed by atoms with E-state index < -0.39 is 5.91 Å². The molecule has 5 nitrogen and oxygen atoms in total. The van der Waals surface area contributed by atoms with Crippen LogP contribution in [0, 0.1) is 5.82 Å². The molecule has 0 spiro atoms. The zero-order valence-corrected chi connectivity index (χ0v) is 16.6. The van der Waals surface area contributed by atoms with E-state index in [2.05, 4.69) is 10.6 Å². The van der Waals surface area contributed by atoms with Crippen LogP contribution in [0.1, 0.15) is 22.8 Å². The number of carbonyl (C=O) groups is 2. The number of allylic oxidation sites excluding steroid dienone is 1. The summed E-state index contributed by atoms with van der Waals surface area (Å²) in [5.41, 5.74) is 1.33. The number of carbonyl (C=O) groups excluding carboxylic acids is 2. The molecule has 0 bridgehead atoms. The molecule has 1 aliphatic rings. The highest BCUT2D eigenvalue weighted by molar-refractivity contribution is 8.04. The lowest BCUT2D eigenvalue weighted by Gasteiger charge is -2.18. The lowest BCUT2D eigenvalue weighted by molar-refractivity contribution is -0.112. The van der Waals surface area contributed by atoms with Gasteiger partial charge in [0.25, 0.3) is 11.8 Å². The van der Waals surface area contributed by atoms with Gasteiger partial charge in [0.2, 0.25) is 0 Å². The Hall–Kier alpha value is -2.51. The Balaban J connectivity index is 1.75. The smallest absolute Gasteiger partial charge is 0.265 e. The van der Waals surface area contributed by atoms with Gasteiger partial charge < -0.3 is 15.4 Å². The Bertz CT molecular complexity index is 932. The summed E-state index contributed by atoms with van der Waals surface area (Å²) in [6.45, 7) is 2.51. The summed E-state index contributed by atoms with van der Waals surface area (Å²) in [5.74, 6) is 0.165. The molecule has 0 radical (unpaired) electrons. The second-order valence-electron chi connectivity index (χ2n) is 6.04. The van der Waals surface area contributed by atoms with Crippen LogP contribution in [0.3, 0.4) is 0 Å². The van der Waals surface area contributed by atoms with E-state index in [1.165, 1.54) is 30.0 Å². The molecular weight excluding hydrogens is 403 g/mol. The number of hydrogen-bond acceptors (Lipinski definition) is 4. The van der Waals surface area contributed by atoms with E-state index in [0.717, 1.165) is 5.56 Å². The first-order valence-electron chi connectivity index (χ1n) is 8.54. The molecule has 28 heavy (non-hydrogen) atoms. The van der Waals surface area contributed by atoms with Crippen LogP contribution < -0.4 is 10.6 Å². The molecule has 8 heteroatoms. The van der Waals surface area contributed by atoms with Gasteiger partial charge in [0.15, 0.2) is 0 Å². The van der Waals surface area contributed by atoms with Crippen LogP contribution in [0.5, 0.6) is 0 Å². The molecule has 1 aliphatic heterocycles. The molecular formula is C20H18ClFN2O3S. The number of anilines is 1. The number of halogens is 2. The number of nitrogens with one attached hydrogen (secondary N) is 2. The van der Waals surface area contributed by atoms with E-state index >= 15 is 0 Å². The predicted molar refractivity (Wildman–Crippen MR) is 109 cm³/mol. The van der Waals surface area contributed by atoms with Crippen molar-refractivity contribution in [2.24, 2.45) is 0 Å². The van der Waals surface area contributed by atoms with Gasteiger partial charge in [-0.3, -0.25) is 9.59 Å². The summed E-state index contributed by atoms with van der Waals surface area (Å²) in [6.07, 6.45) is 0. The van der Waals surface area contributed by atoms with E-state index in [1.54, 1.807) is 31.2 Å². The van der Waals surface area contributed by atoms with Gasteiger partial charge in [-0.25, -0.2) is 4.39 Å². The number of benzene rings is 2. The minimum Gasteiger partial charge on any atom is -0.496 e. The van der Waals surface area contributed by atoms with Crippen molar-refractivity contribution in [3.05, 3.63) is 75.1 Å². The molecule has 1 heterocycles. The quantitative estimate of drug-likeness (QED) is 0.755. The number of ether oxygens (including phenoxy) is 1. The zero-order valence-electron chi connectivity index (χ0n) is 15.1. The van der Waals surface area contributed by atoms with Crippen LogP contribution in [-0.2, 0) is 16.1 Å². The van der Waals surface area contributed by atoms with E-state index in [0.29, 0.717) is 33.7 Å². The van der Waals surface area contributed by atoms with E-state index in [4.69, 9.17) is 16.3 Å². The Morgan fingerprint density at radius 2 is 1.93 bits per heavy atom. The average molecular weight is 421 g/mol. The summed E-state index contributed by atoms with van der Waals surface area (Å²) in [6, 6.07) is 10.5. The fraction of sp³-hybridized carbons (Fsp3) is 0.200. The maximum atomic E-state index is 13.0. The number of amides is 2. The van der Waals surface area contributed by atoms with Gasteiger partial charge in [0.05, 0.1) is 17.9 Å². The van der Waals surface area contributed by atoms with Crippen molar-refractivity contribution in [2.45, 2.75) is 13.5 Å². The Morgan fingerprint density at radius 3 is 2.64 bits per heavy atom. The third-order valence-corrected chi connectivity index (χ3v) is 5.38. The fourth-order valence-electron chi connectivity index (χ4n) is 2.60. The summed E-state index contributed by atoms with van der Waals surface area (Å²) < 4.78 is 18.4. The van der Waals surface area contributed by atoms with Crippen LogP contribution >= 0.6 is 23.4 Å². The standard InChI is InChI=1S/C20H18ClFN2O3S/c1-12-18(28-9-8-27-12)20(26)24-17-7-4-14(21)10-16(17)19(25)23-11-13-2-5-15(22)6-3-13/h2-7,10H,8-9,11H2,1H3,(H,23,25)(H,24,26). The Labute approximate surface area is 171 Å². The van der Waals surface area contributed by atoms with Crippen molar-refractivity contribution < 1.29 is 18.7 Å². The molecule has 0 saturated carbocycles. The number of rotatable bonds is 5. The van der Waals surface area contributed by atoms with Gasteiger partial charge in [0, 0.05) is 17.3 Å². The SMILES string of the molecule is CC1=C(C(=O)Nc2ccc(Cl)cc2C(=O)NCc2ccc(F)cc2)SCCO1. The number of thioether (sulfide) groups is 1. The van der Waals surface area contributed by atoms with Crippen molar-refractivity contribution in [3.63, 3.8) is 0 Å². The minimum atomic E-state index is -0.402. The zero-order chi connectivity index (χ0) is 20.1. The van der Waals surface area contributed by atoms with Crippen LogP contribution in [0.4, 0.5) is 10.1 Å². The first-order valence-corrected chi connectivity index (χ1v) is 9.90. The summed E-state index contributed by atoms with van der Waals surface area (Å²) in [4.78, 5) is 25.7. The first kappa shape index (κ1) is 20.2. The highest BCUT2D eigenvalue weighted by Gasteiger charge is 2.21. The molecule has 2 aromatic rings. The molecule has 0 aromatic heterocycles. The topological polar surface area (TPSA) is 67.4 Å². The molecule has 0 unspecified atom stereocenters. The Kier molecular flexibility index (Phi) is 6.59. The second-order valence-corrected chi connectivity index (χ2v) is 7.58. The van der Waals surface area contributed by atoms with Crippen LogP contribution in [0.2, 0.25) is 5.02 Å². The average Bonchev–Trinajstić information content (AvgIpc) is 2.69. The molecule has 0 fully saturated rings. The normalized spacial score (nSPS) is 13.7. The van der Waals surface area contributed by atoms with Crippen LogP contribution in [0.15, 0.2) is 53.1 Å². The molecule has 3 rings (SSSR count). The monoisotopic (exact) mass is 420 g/mol. The lowest BCUT2D eigenvalue weighted by Crippen LogP contribution is -2.25. The molecule has 0 atom stereocenters. The third kappa shape index (κ3) is 5.05. The fourth-order valence-corrected chi connectivity index (χ4v) is 3.59. The van der Waals surface area contributed by atoms with Gasteiger partial charge in [-0.1, -0.05) is 23.7 Å². The molecule has 0 saturated heterocycles. The van der Waals surface area contributed by atoms with Crippen LogP contribution in [-0.4, -0.2) is 24.2 Å². The van der Waals surface area contributed by atoms with Gasteiger partial charge in [-0.2, -0.15) is 0 Å². The molecule has 0 aliphatic carbocycles. The molecule has 146 valence electrons. The summed E-state index contributed by atoms with van der Waals surface area (Å²) in [5, 5.41) is 5.88. The van der Waals surface area contributed by atoms with E-state index in [-0.39, 0.29) is 23.8 Å². The molecule has 2 amide bonds. The van der Waals surface area contributed by atoms with Crippen LogP contribution in [0.25, 0.3) is 0 Å². The maximum absolute atomic E-state index is 13.0. The van der Waals surface area contributed by atoms with E-state index in [9.17, 15) is 14.0 Å². The lowest BCUT2D eigenvalue weighted by atomic mass is 10.1.